The van der Waals surface area contributed by atoms with Gasteiger partial charge in [0.25, 0.3) is 21.8 Å². The summed E-state index contributed by atoms with van der Waals surface area (Å²) in [7, 11) is -2.65. The van der Waals surface area contributed by atoms with Crippen LogP contribution in [0.25, 0.3) is 0 Å². The second-order valence-corrected chi connectivity index (χ2v) is 7.79. The molecule has 166 valence electrons. The fourth-order valence-corrected chi connectivity index (χ4v) is 3.53. The van der Waals surface area contributed by atoms with Crippen LogP contribution >= 0.6 is 0 Å². The molecule has 1 amide bonds. The number of hydrogen-bond donors (Lipinski definition) is 2. The number of carbonyl (C=O) groups excluding carboxylic acids is 1. The monoisotopic (exact) mass is 459 g/mol. The molecule has 13 heteroatoms. The third-order valence-corrected chi connectivity index (χ3v) is 5.31. The van der Waals surface area contributed by atoms with Crippen molar-refractivity contribution >= 4 is 33.1 Å². The summed E-state index contributed by atoms with van der Waals surface area (Å²) in [4.78, 5) is 30.1. The Kier molecular flexibility index (Phi) is 6.80. The lowest BCUT2D eigenvalue weighted by molar-refractivity contribution is -0.385. The van der Waals surface area contributed by atoms with Gasteiger partial charge in [0.2, 0.25) is 5.82 Å². The van der Waals surface area contributed by atoms with E-state index in [0.717, 1.165) is 0 Å². The maximum Gasteiger partial charge on any atom is 0.310 e. The number of nitrogens with one attached hydrogen (secondary N) is 2. The van der Waals surface area contributed by atoms with Gasteiger partial charge in [-0.15, -0.1) is 0 Å². The first-order valence-electron chi connectivity index (χ1n) is 8.94. The largest absolute Gasteiger partial charge is 0.478 e. The van der Waals surface area contributed by atoms with E-state index in [-0.39, 0.29) is 28.0 Å². The van der Waals surface area contributed by atoms with Gasteiger partial charge in [0.15, 0.2) is 12.4 Å². The molecule has 0 saturated carbocycles. The minimum absolute atomic E-state index is 0.0126. The lowest BCUT2D eigenvalue weighted by Gasteiger charge is -2.11. The van der Waals surface area contributed by atoms with Crippen molar-refractivity contribution < 1.29 is 27.6 Å². The van der Waals surface area contributed by atoms with Crippen molar-refractivity contribution in [3.8, 4) is 11.6 Å². The molecule has 2 aromatic carbocycles. The molecule has 3 aromatic rings. The Hall–Kier alpha value is -4.26. The van der Waals surface area contributed by atoms with Crippen molar-refractivity contribution in [2.24, 2.45) is 0 Å². The van der Waals surface area contributed by atoms with Crippen molar-refractivity contribution in [3.05, 3.63) is 71.0 Å². The molecule has 0 bridgehead atoms. The molecular weight excluding hydrogens is 442 g/mol. The molecule has 0 saturated heterocycles. The van der Waals surface area contributed by atoms with Gasteiger partial charge in [0, 0.05) is 24.1 Å². The topological polar surface area (TPSA) is 163 Å². The number of rotatable bonds is 9. The maximum absolute atomic E-state index is 12.6. The minimum Gasteiger partial charge on any atom is -0.478 e. The summed E-state index contributed by atoms with van der Waals surface area (Å²) in [6.07, 6.45) is 2.67. The Morgan fingerprint density at radius 1 is 1.09 bits per heavy atom. The number of nitro benzene ring substituents is 1. The number of hydrogen-bond acceptors (Lipinski definition) is 9. The summed E-state index contributed by atoms with van der Waals surface area (Å²) in [5, 5.41) is 13.5. The average Bonchev–Trinajstić information content (AvgIpc) is 2.78. The molecule has 0 aliphatic carbocycles. The number of nitrogens with zero attached hydrogens (tertiary/aromatic N) is 3. The predicted molar refractivity (Wildman–Crippen MR) is 113 cm³/mol. The van der Waals surface area contributed by atoms with E-state index in [0.29, 0.717) is 5.69 Å². The molecule has 3 rings (SSSR count). The highest BCUT2D eigenvalue weighted by molar-refractivity contribution is 7.92. The average molecular weight is 459 g/mol. The van der Waals surface area contributed by atoms with Crippen LogP contribution in [0.2, 0.25) is 0 Å². The fraction of sp³-hybridized carbons (Fsp3) is 0.105. The van der Waals surface area contributed by atoms with Crippen molar-refractivity contribution in [1.29, 1.82) is 0 Å². The molecule has 0 spiro atoms. The Bertz CT molecular complexity index is 1230. The van der Waals surface area contributed by atoms with E-state index in [1.165, 1.54) is 62.0 Å². The van der Waals surface area contributed by atoms with Gasteiger partial charge in [0.05, 0.1) is 16.9 Å². The SMILES string of the molecule is COc1nccnc1NS(=O)(=O)c1ccc(NC(=O)COc2ccccc2[N+](=O)[O-])cc1. The van der Waals surface area contributed by atoms with Crippen LogP contribution in [0.1, 0.15) is 0 Å². The van der Waals surface area contributed by atoms with Crippen LogP contribution in [-0.4, -0.2) is 42.9 Å². The van der Waals surface area contributed by atoms with Crippen LogP contribution < -0.4 is 19.5 Å². The van der Waals surface area contributed by atoms with Gasteiger partial charge in [-0.3, -0.25) is 19.6 Å². The molecule has 0 radical (unpaired) electrons. The molecule has 1 heterocycles. The Balaban J connectivity index is 1.63. The van der Waals surface area contributed by atoms with Crippen LogP contribution in [0, 0.1) is 10.1 Å². The predicted octanol–water partition coefficient (Wildman–Crippen LogP) is 2.21. The molecule has 12 nitrogen and oxygen atoms in total. The first-order valence-corrected chi connectivity index (χ1v) is 10.4. The highest BCUT2D eigenvalue weighted by Gasteiger charge is 2.19. The number of carbonyl (C=O) groups is 1. The van der Waals surface area contributed by atoms with E-state index >= 15 is 0 Å². The van der Waals surface area contributed by atoms with Gasteiger partial charge in [0.1, 0.15) is 0 Å². The van der Waals surface area contributed by atoms with Crippen LogP contribution in [0.4, 0.5) is 17.2 Å². The molecule has 0 atom stereocenters. The maximum atomic E-state index is 12.6. The number of aromatic nitrogens is 2. The number of amides is 1. The normalized spacial score (nSPS) is 10.8. The van der Waals surface area contributed by atoms with E-state index in [1.807, 2.05) is 0 Å². The summed E-state index contributed by atoms with van der Waals surface area (Å²) in [6, 6.07) is 11.0. The van der Waals surface area contributed by atoms with Crippen molar-refractivity contribution in [3.63, 3.8) is 0 Å². The van der Waals surface area contributed by atoms with Crippen LogP contribution in [0.3, 0.4) is 0 Å². The molecular formula is C19H17N5O7S. The number of sulfonamides is 1. The number of benzene rings is 2. The van der Waals surface area contributed by atoms with Gasteiger partial charge in [-0.1, -0.05) is 12.1 Å². The lowest BCUT2D eigenvalue weighted by atomic mass is 10.3. The zero-order chi connectivity index (χ0) is 23.1. The highest BCUT2D eigenvalue weighted by atomic mass is 32.2. The lowest BCUT2D eigenvalue weighted by Crippen LogP contribution is -2.20. The highest BCUT2D eigenvalue weighted by Crippen LogP contribution is 2.26. The number of ether oxygens (including phenoxy) is 2. The van der Waals surface area contributed by atoms with Crippen molar-refractivity contribution in [1.82, 2.24) is 9.97 Å². The Labute approximate surface area is 182 Å². The quantitative estimate of drug-likeness (QED) is 0.361. The minimum atomic E-state index is -3.98. The number of nitro groups is 1. The van der Waals surface area contributed by atoms with Gasteiger partial charge >= 0.3 is 5.69 Å². The number of para-hydroxylation sites is 2. The van der Waals surface area contributed by atoms with Gasteiger partial charge in [-0.25, -0.2) is 18.4 Å². The van der Waals surface area contributed by atoms with Crippen LogP contribution in [-0.2, 0) is 14.8 Å². The number of anilines is 2. The summed E-state index contributed by atoms with van der Waals surface area (Å²) in [6.45, 7) is -0.473. The van der Waals surface area contributed by atoms with E-state index in [4.69, 9.17) is 9.47 Å². The number of methoxy groups -OCH3 is 1. The van der Waals surface area contributed by atoms with Gasteiger partial charge in [-0.2, -0.15) is 0 Å². The second kappa shape index (κ2) is 9.70. The Morgan fingerprint density at radius 2 is 1.78 bits per heavy atom. The van der Waals surface area contributed by atoms with E-state index < -0.39 is 27.5 Å². The molecule has 0 aliphatic rings. The summed E-state index contributed by atoms with van der Waals surface area (Å²) in [5.74, 6) is -0.682. The molecule has 32 heavy (non-hydrogen) atoms. The molecule has 1 aromatic heterocycles. The van der Waals surface area contributed by atoms with Crippen molar-refractivity contribution in [2.75, 3.05) is 23.8 Å². The van der Waals surface area contributed by atoms with Crippen LogP contribution in [0.5, 0.6) is 11.6 Å². The zero-order valence-electron chi connectivity index (χ0n) is 16.6. The first-order chi connectivity index (χ1) is 15.3. The van der Waals surface area contributed by atoms with E-state index in [2.05, 4.69) is 20.0 Å². The van der Waals surface area contributed by atoms with E-state index in [9.17, 15) is 23.3 Å². The summed E-state index contributed by atoms with van der Waals surface area (Å²) >= 11 is 0. The fourth-order valence-electron chi connectivity index (χ4n) is 2.52. The van der Waals surface area contributed by atoms with Gasteiger partial charge < -0.3 is 14.8 Å². The smallest absolute Gasteiger partial charge is 0.310 e. The third kappa shape index (κ3) is 5.46. The third-order valence-electron chi connectivity index (χ3n) is 3.96. The Morgan fingerprint density at radius 3 is 2.47 bits per heavy atom. The van der Waals surface area contributed by atoms with Gasteiger partial charge in [-0.05, 0) is 30.3 Å². The summed E-state index contributed by atoms with van der Waals surface area (Å²) in [5.41, 5.74) is 0.0410. The van der Waals surface area contributed by atoms with Crippen LogP contribution in [0.15, 0.2) is 65.8 Å². The second-order valence-electron chi connectivity index (χ2n) is 6.11. The molecule has 0 aliphatic heterocycles. The molecule has 0 fully saturated rings. The molecule has 0 unspecified atom stereocenters. The first kappa shape index (κ1) is 22.4. The van der Waals surface area contributed by atoms with E-state index in [1.54, 1.807) is 6.07 Å². The molecule has 2 N–H and O–H groups in total. The zero-order valence-corrected chi connectivity index (χ0v) is 17.4. The summed E-state index contributed by atoms with van der Waals surface area (Å²) < 4.78 is 37.6. The van der Waals surface area contributed by atoms with Crippen molar-refractivity contribution in [2.45, 2.75) is 4.90 Å². The standard InChI is InChI=1S/C19H17N5O7S/c1-30-19-18(20-10-11-21-19)23-32(28,29)14-8-6-13(7-9-14)22-17(25)12-31-16-5-3-2-4-15(16)24(26)27/h2-11H,12H2,1H3,(H,20,23)(H,22,25).